The quantitative estimate of drug-likeness (QED) is 0.128. The number of hydrogen-bond acceptors (Lipinski definition) is 14. The Hall–Kier alpha value is -5.17. The van der Waals surface area contributed by atoms with Crippen molar-refractivity contribution in [2.75, 3.05) is 16.4 Å². The van der Waals surface area contributed by atoms with Gasteiger partial charge < -0.3 is 25.5 Å². The molecule has 0 bridgehead atoms. The van der Waals surface area contributed by atoms with E-state index in [2.05, 4.69) is 20.6 Å². The van der Waals surface area contributed by atoms with Crippen molar-refractivity contribution in [3.63, 3.8) is 0 Å². The SMILES string of the molecule is Nc1c(S(=O)(=O)[O-])cc(Nc2ccc(S(=O)(=O)[O-])c(Nc3nc(=O)[nH]c(=O)[nH]3)c2)c2c1C(=O)c1ccccc1C2=O. The van der Waals surface area contributed by atoms with Crippen LogP contribution in [0, 0.1) is 0 Å². The molecule has 1 aliphatic rings. The number of benzene rings is 3. The number of nitrogens with zero attached hydrogens (tertiary/aromatic N) is 1. The van der Waals surface area contributed by atoms with Gasteiger partial charge in [-0.25, -0.2) is 26.4 Å². The maximum absolute atomic E-state index is 13.5. The summed E-state index contributed by atoms with van der Waals surface area (Å²) in [6.07, 6.45) is 0. The van der Waals surface area contributed by atoms with E-state index in [9.17, 15) is 45.1 Å². The highest BCUT2D eigenvalue weighted by molar-refractivity contribution is 7.86. The van der Waals surface area contributed by atoms with Crippen LogP contribution in [0.1, 0.15) is 31.8 Å². The molecule has 0 saturated heterocycles. The molecule has 1 aromatic heterocycles. The number of nitrogen functional groups attached to an aromatic ring is 1. The van der Waals surface area contributed by atoms with Crippen LogP contribution in [0.15, 0.2) is 67.9 Å². The van der Waals surface area contributed by atoms with Crippen LogP contribution in [0.4, 0.5) is 28.7 Å². The Morgan fingerprint density at radius 2 is 1.34 bits per heavy atom. The van der Waals surface area contributed by atoms with Gasteiger partial charge in [0.15, 0.2) is 11.6 Å². The van der Waals surface area contributed by atoms with Gasteiger partial charge in [0, 0.05) is 16.8 Å². The number of fused-ring (bicyclic) bond motifs is 2. The fraction of sp³-hybridized carbons (Fsp3) is 0. The number of rotatable bonds is 6. The topological polar surface area (TPSA) is 277 Å². The van der Waals surface area contributed by atoms with Gasteiger partial charge in [0.2, 0.25) is 5.95 Å². The Kier molecular flexibility index (Phi) is 6.34. The summed E-state index contributed by atoms with van der Waals surface area (Å²) in [7, 11) is -10.4. The van der Waals surface area contributed by atoms with Gasteiger partial charge in [0.25, 0.3) is 0 Å². The summed E-state index contributed by atoms with van der Waals surface area (Å²) in [5.41, 5.74) is 1.13. The van der Waals surface area contributed by atoms with Gasteiger partial charge in [-0.2, -0.15) is 4.98 Å². The summed E-state index contributed by atoms with van der Waals surface area (Å²) in [4.78, 5) is 55.3. The van der Waals surface area contributed by atoms with Crippen LogP contribution in [0.25, 0.3) is 0 Å². The molecule has 5 rings (SSSR count). The zero-order chi connectivity index (χ0) is 29.9. The zero-order valence-electron chi connectivity index (χ0n) is 20.0. The van der Waals surface area contributed by atoms with Crippen LogP contribution in [0.5, 0.6) is 0 Å². The first-order chi connectivity index (χ1) is 19.1. The first-order valence-electron chi connectivity index (χ1n) is 11.1. The highest BCUT2D eigenvalue weighted by atomic mass is 32.2. The fourth-order valence-electron chi connectivity index (χ4n) is 4.26. The predicted octanol–water partition coefficient (Wildman–Crippen LogP) is 0.111. The summed E-state index contributed by atoms with van der Waals surface area (Å²) in [5, 5.41) is 4.98. The number of aromatic amines is 2. The number of hydrogen-bond donors (Lipinski definition) is 5. The predicted molar refractivity (Wildman–Crippen MR) is 139 cm³/mol. The van der Waals surface area contributed by atoms with Gasteiger partial charge in [-0.1, -0.05) is 24.3 Å². The minimum absolute atomic E-state index is 0.0235. The Labute approximate surface area is 228 Å². The molecule has 6 N–H and O–H groups in total. The first-order valence-corrected chi connectivity index (χ1v) is 13.9. The lowest BCUT2D eigenvalue weighted by molar-refractivity contribution is 0.0980. The molecule has 3 aromatic carbocycles. The summed E-state index contributed by atoms with van der Waals surface area (Å²) in [5.74, 6) is -2.09. The molecule has 16 nitrogen and oxygen atoms in total. The second-order valence-corrected chi connectivity index (χ2v) is 11.2. The number of carbonyl (C=O) groups excluding carboxylic acids is 2. The van der Waals surface area contributed by atoms with E-state index in [4.69, 9.17) is 5.73 Å². The number of H-pyrrole nitrogens is 2. The largest absolute Gasteiger partial charge is 0.744 e. The molecule has 4 aromatic rings. The van der Waals surface area contributed by atoms with Gasteiger partial charge in [-0.15, -0.1) is 0 Å². The second kappa shape index (κ2) is 9.48. The number of ketones is 2. The Morgan fingerprint density at radius 3 is 1.93 bits per heavy atom. The minimum atomic E-state index is -5.27. The normalized spacial score (nSPS) is 12.9. The maximum Gasteiger partial charge on any atom is 0.352 e. The maximum atomic E-state index is 13.5. The second-order valence-electron chi connectivity index (χ2n) is 8.50. The lowest BCUT2D eigenvalue weighted by atomic mass is 9.82. The molecule has 0 spiro atoms. The fourth-order valence-corrected chi connectivity index (χ4v) is 5.51. The van der Waals surface area contributed by atoms with Crippen molar-refractivity contribution < 1.29 is 35.5 Å². The van der Waals surface area contributed by atoms with E-state index < -0.39 is 75.9 Å². The average molecular weight is 599 g/mol. The van der Waals surface area contributed by atoms with Crippen molar-refractivity contribution in [3.05, 3.63) is 91.8 Å². The summed E-state index contributed by atoms with van der Waals surface area (Å²) in [6, 6.07) is 9.28. The van der Waals surface area contributed by atoms with Crippen molar-refractivity contribution in [1.29, 1.82) is 0 Å². The smallest absolute Gasteiger partial charge is 0.352 e. The van der Waals surface area contributed by atoms with Gasteiger partial charge >= 0.3 is 11.4 Å². The Balaban J connectivity index is 1.70. The zero-order valence-corrected chi connectivity index (χ0v) is 21.7. The molecule has 1 heterocycles. The highest BCUT2D eigenvalue weighted by Gasteiger charge is 2.35. The number of aromatic nitrogens is 3. The molecule has 0 aliphatic heterocycles. The lowest BCUT2D eigenvalue weighted by Crippen LogP contribution is -2.26. The summed E-state index contributed by atoms with van der Waals surface area (Å²) < 4.78 is 71.6. The van der Waals surface area contributed by atoms with Crippen LogP contribution in [0.3, 0.4) is 0 Å². The van der Waals surface area contributed by atoms with E-state index in [-0.39, 0.29) is 28.1 Å². The number of carbonyl (C=O) groups is 2. The van der Waals surface area contributed by atoms with Crippen molar-refractivity contribution in [1.82, 2.24) is 15.0 Å². The molecule has 0 fully saturated rings. The molecule has 0 radical (unpaired) electrons. The lowest BCUT2D eigenvalue weighted by Gasteiger charge is -2.25. The summed E-state index contributed by atoms with van der Waals surface area (Å²) in [6.45, 7) is 0. The molecule has 0 amide bonds. The van der Waals surface area contributed by atoms with Crippen LogP contribution in [0.2, 0.25) is 0 Å². The molecule has 18 heteroatoms. The van der Waals surface area contributed by atoms with E-state index in [1.165, 1.54) is 24.3 Å². The Morgan fingerprint density at radius 1 is 0.732 bits per heavy atom. The molecule has 0 saturated carbocycles. The number of anilines is 5. The van der Waals surface area contributed by atoms with E-state index in [1.54, 1.807) is 4.98 Å². The van der Waals surface area contributed by atoms with Gasteiger partial charge in [-0.05, 0) is 24.3 Å². The minimum Gasteiger partial charge on any atom is -0.744 e. The van der Waals surface area contributed by atoms with E-state index in [1.807, 2.05) is 0 Å². The van der Waals surface area contributed by atoms with Gasteiger partial charge in [-0.3, -0.25) is 19.6 Å². The third-order valence-electron chi connectivity index (χ3n) is 5.92. The summed E-state index contributed by atoms with van der Waals surface area (Å²) >= 11 is 0. The molecule has 0 unspecified atom stereocenters. The van der Waals surface area contributed by atoms with E-state index in [0.29, 0.717) is 0 Å². The van der Waals surface area contributed by atoms with Crippen molar-refractivity contribution in [2.45, 2.75) is 9.79 Å². The first kappa shape index (κ1) is 27.4. The van der Waals surface area contributed by atoms with Gasteiger partial charge in [0.1, 0.15) is 20.2 Å². The number of nitrogens with one attached hydrogen (secondary N) is 4. The molecule has 1 aliphatic carbocycles. The van der Waals surface area contributed by atoms with Crippen molar-refractivity contribution >= 4 is 60.5 Å². The van der Waals surface area contributed by atoms with Crippen molar-refractivity contribution in [3.8, 4) is 0 Å². The van der Waals surface area contributed by atoms with E-state index in [0.717, 1.165) is 24.3 Å². The van der Waals surface area contributed by atoms with Crippen LogP contribution < -0.4 is 27.7 Å². The Bertz CT molecular complexity index is 2130. The third-order valence-corrected chi connectivity index (χ3v) is 7.69. The number of nitrogens with two attached hydrogens (primary N) is 1. The average Bonchev–Trinajstić information content (AvgIpc) is 2.86. The molecule has 210 valence electrons. The highest BCUT2D eigenvalue weighted by Crippen LogP contribution is 2.40. The molecular weight excluding hydrogens is 584 g/mol. The van der Waals surface area contributed by atoms with E-state index >= 15 is 0 Å². The van der Waals surface area contributed by atoms with Crippen molar-refractivity contribution in [2.24, 2.45) is 0 Å². The van der Waals surface area contributed by atoms with Crippen LogP contribution in [-0.4, -0.2) is 52.5 Å². The molecule has 41 heavy (non-hydrogen) atoms. The standard InChI is InChI=1S/C23H16N6O10S2/c24-18-15(41(37,38)39)8-13(16-17(18)20(31)11-4-2-1-3-10(11)19(16)30)25-9-5-6-14(40(34,35)36)12(7-9)26-21-27-22(32)29-23(33)28-21/h1-8,25H,24H2,(H,34,35,36)(H,37,38,39)(H3,26,27,28,29,32,33)/p-2. The van der Waals surface area contributed by atoms with Crippen LogP contribution in [-0.2, 0) is 20.2 Å². The molecular formula is C23H14N6O10S2-2. The van der Waals surface area contributed by atoms with Gasteiger partial charge in [0.05, 0.1) is 38.0 Å². The monoisotopic (exact) mass is 598 g/mol. The molecule has 0 atom stereocenters. The third kappa shape index (κ3) is 4.98. The van der Waals surface area contributed by atoms with Crippen LogP contribution >= 0.6 is 0 Å².